The molecular formula is C14H21NO2S. The number of carbonyl (C=O) groups excluding carboxylic acids is 1. The van der Waals surface area contributed by atoms with E-state index in [1.54, 1.807) is 11.8 Å². The summed E-state index contributed by atoms with van der Waals surface area (Å²) in [6.45, 7) is 4.70. The molecule has 0 aromatic heterocycles. The van der Waals surface area contributed by atoms with Crippen LogP contribution in [0.1, 0.15) is 30.6 Å². The Hall–Kier alpha value is -1.00. The van der Waals surface area contributed by atoms with E-state index in [1.807, 2.05) is 49.3 Å². The molecule has 0 aliphatic heterocycles. The van der Waals surface area contributed by atoms with E-state index in [0.29, 0.717) is 13.0 Å². The lowest BCUT2D eigenvalue weighted by Gasteiger charge is -2.27. The van der Waals surface area contributed by atoms with Gasteiger partial charge in [0.05, 0.1) is 5.56 Å². The maximum atomic E-state index is 12.5. The standard InChI is InChI=1S/C14H21NO2S/c1-11(2)15(9-6-10-16)14(17)12-7-4-5-8-13(12)18-3/h4-5,7-8,11,16H,6,9-10H2,1-3H3. The lowest BCUT2D eigenvalue weighted by molar-refractivity contribution is 0.0689. The first-order valence-corrected chi connectivity index (χ1v) is 7.39. The monoisotopic (exact) mass is 267 g/mol. The van der Waals surface area contributed by atoms with E-state index < -0.39 is 0 Å². The average Bonchev–Trinajstić information content (AvgIpc) is 2.38. The van der Waals surface area contributed by atoms with Gasteiger partial charge in [0.25, 0.3) is 5.91 Å². The molecule has 0 spiro atoms. The van der Waals surface area contributed by atoms with Crippen LogP contribution in [-0.2, 0) is 0 Å². The zero-order valence-corrected chi connectivity index (χ0v) is 12.0. The molecule has 0 heterocycles. The molecule has 0 radical (unpaired) electrons. The van der Waals surface area contributed by atoms with Gasteiger partial charge in [-0.15, -0.1) is 11.8 Å². The normalized spacial score (nSPS) is 10.7. The Morgan fingerprint density at radius 1 is 1.39 bits per heavy atom. The lowest BCUT2D eigenvalue weighted by atomic mass is 10.1. The molecule has 1 aromatic rings. The molecule has 0 bridgehead atoms. The first-order valence-electron chi connectivity index (χ1n) is 6.16. The maximum absolute atomic E-state index is 12.5. The molecule has 18 heavy (non-hydrogen) atoms. The summed E-state index contributed by atoms with van der Waals surface area (Å²) in [5.41, 5.74) is 0.747. The van der Waals surface area contributed by atoms with Gasteiger partial charge in [-0.1, -0.05) is 12.1 Å². The Kier molecular flexibility index (Phi) is 6.22. The number of aliphatic hydroxyl groups is 1. The van der Waals surface area contributed by atoms with Gasteiger partial charge in [0, 0.05) is 24.1 Å². The molecule has 3 nitrogen and oxygen atoms in total. The molecule has 0 saturated carbocycles. The van der Waals surface area contributed by atoms with Gasteiger partial charge in [0.15, 0.2) is 0 Å². The van der Waals surface area contributed by atoms with Crippen LogP contribution in [-0.4, -0.2) is 41.4 Å². The van der Waals surface area contributed by atoms with Crippen LogP contribution in [0.25, 0.3) is 0 Å². The Bertz CT molecular complexity index is 393. The van der Waals surface area contributed by atoms with Crippen LogP contribution in [0.2, 0.25) is 0 Å². The second kappa shape index (κ2) is 7.44. The van der Waals surface area contributed by atoms with E-state index in [4.69, 9.17) is 5.11 Å². The van der Waals surface area contributed by atoms with Crippen LogP contribution in [0.3, 0.4) is 0 Å². The van der Waals surface area contributed by atoms with Gasteiger partial charge >= 0.3 is 0 Å². The minimum absolute atomic E-state index is 0.0448. The van der Waals surface area contributed by atoms with Crippen molar-refractivity contribution in [1.82, 2.24) is 4.90 Å². The summed E-state index contributed by atoms with van der Waals surface area (Å²) in [5.74, 6) is 0.0448. The van der Waals surface area contributed by atoms with Crippen LogP contribution in [0.4, 0.5) is 0 Å². The number of amides is 1. The topological polar surface area (TPSA) is 40.5 Å². The highest BCUT2D eigenvalue weighted by Crippen LogP contribution is 2.22. The summed E-state index contributed by atoms with van der Waals surface area (Å²) in [6.07, 6.45) is 2.59. The highest BCUT2D eigenvalue weighted by atomic mass is 32.2. The number of rotatable bonds is 6. The molecule has 0 aliphatic carbocycles. The highest BCUT2D eigenvalue weighted by Gasteiger charge is 2.20. The minimum atomic E-state index is 0.0448. The SMILES string of the molecule is CSc1ccccc1C(=O)N(CCCO)C(C)C. The van der Waals surface area contributed by atoms with Crippen molar-refractivity contribution in [3.63, 3.8) is 0 Å². The second-order valence-corrected chi connectivity index (χ2v) is 5.22. The smallest absolute Gasteiger partial charge is 0.255 e. The van der Waals surface area contributed by atoms with Crippen molar-refractivity contribution in [2.75, 3.05) is 19.4 Å². The van der Waals surface area contributed by atoms with Crippen LogP contribution in [0.15, 0.2) is 29.2 Å². The number of carbonyl (C=O) groups is 1. The summed E-state index contributed by atoms with van der Waals surface area (Å²) < 4.78 is 0. The van der Waals surface area contributed by atoms with Crippen LogP contribution < -0.4 is 0 Å². The van der Waals surface area contributed by atoms with E-state index in [1.165, 1.54) is 0 Å². The Morgan fingerprint density at radius 3 is 2.61 bits per heavy atom. The molecule has 1 N–H and O–H groups in total. The summed E-state index contributed by atoms with van der Waals surface area (Å²) in [7, 11) is 0. The molecule has 1 amide bonds. The van der Waals surface area contributed by atoms with Gasteiger partial charge in [-0.2, -0.15) is 0 Å². The fourth-order valence-corrected chi connectivity index (χ4v) is 2.40. The predicted octanol–water partition coefficient (Wildman–Crippen LogP) is 2.64. The fourth-order valence-electron chi connectivity index (χ4n) is 1.81. The fraction of sp³-hybridized carbons (Fsp3) is 0.500. The van der Waals surface area contributed by atoms with Crippen molar-refractivity contribution in [3.8, 4) is 0 Å². The molecule has 4 heteroatoms. The number of hydrogen-bond acceptors (Lipinski definition) is 3. The maximum Gasteiger partial charge on any atom is 0.255 e. The van der Waals surface area contributed by atoms with Crippen LogP contribution in [0, 0.1) is 0 Å². The van der Waals surface area contributed by atoms with Gasteiger partial charge in [-0.3, -0.25) is 4.79 Å². The average molecular weight is 267 g/mol. The van der Waals surface area contributed by atoms with E-state index in [-0.39, 0.29) is 18.6 Å². The summed E-state index contributed by atoms with van der Waals surface area (Å²) in [4.78, 5) is 15.3. The zero-order valence-electron chi connectivity index (χ0n) is 11.2. The van der Waals surface area contributed by atoms with Crippen LogP contribution >= 0.6 is 11.8 Å². The molecule has 100 valence electrons. The highest BCUT2D eigenvalue weighted by molar-refractivity contribution is 7.98. The molecule has 0 aliphatic rings. The zero-order chi connectivity index (χ0) is 13.5. The second-order valence-electron chi connectivity index (χ2n) is 4.37. The molecule has 0 unspecified atom stereocenters. The van der Waals surface area contributed by atoms with E-state index in [9.17, 15) is 4.79 Å². The summed E-state index contributed by atoms with van der Waals surface area (Å²) in [6, 6.07) is 7.79. The third-order valence-corrected chi connectivity index (χ3v) is 3.57. The van der Waals surface area contributed by atoms with E-state index in [2.05, 4.69) is 0 Å². The van der Waals surface area contributed by atoms with Gasteiger partial charge < -0.3 is 10.0 Å². The van der Waals surface area contributed by atoms with Crippen molar-refractivity contribution in [3.05, 3.63) is 29.8 Å². The number of nitrogens with zero attached hydrogens (tertiary/aromatic N) is 1. The quantitative estimate of drug-likeness (QED) is 0.806. The molecule has 0 fully saturated rings. The summed E-state index contributed by atoms with van der Waals surface area (Å²) >= 11 is 1.58. The van der Waals surface area contributed by atoms with Crippen LogP contribution in [0.5, 0.6) is 0 Å². The lowest BCUT2D eigenvalue weighted by Crippen LogP contribution is -2.38. The summed E-state index contributed by atoms with van der Waals surface area (Å²) in [5, 5.41) is 8.91. The molecule has 0 atom stereocenters. The third-order valence-electron chi connectivity index (χ3n) is 2.78. The number of benzene rings is 1. The van der Waals surface area contributed by atoms with Crippen molar-refractivity contribution in [1.29, 1.82) is 0 Å². The van der Waals surface area contributed by atoms with E-state index >= 15 is 0 Å². The van der Waals surface area contributed by atoms with Crippen molar-refractivity contribution < 1.29 is 9.90 Å². The molecular weight excluding hydrogens is 246 g/mol. The van der Waals surface area contributed by atoms with Crippen molar-refractivity contribution >= 4 is 17.7 Å². The Labute approximate surface area is 113 Å². The van der Waals surface area contributed by atoms with Crippen molar-refractivity contribution in [2.24, 2.45) is 0 Å². The Balaban J connectivity index is 2.94. The van der Waals surface area contributed by atoms with E-state index in [0.717, 1.165) is 10.5 Å². The molecule has 1 aromatic carbocycles. The van der Waals surface area contributed by atoms with Gasteiger partial charge in [-0.25, -0.2) is 0 Å². The van der Waals surface area contributed by atoms with Gasteiger partial charge in [0.1, 0.15) is 0 Å². The van der Waals surface area contributed by atoms with Crippen molar-refractivity contribution in [2.45, 2.75) is 31.2 Å². The number of hydrogen-bond donors (Lipinski definition) is 1. The third kappa shape index (κ3) is 3.75. The largest absolute Gasteiger partial charge is 0.396 e. The predicted molar refractivity (Wildman–Crippen MR) is 76.1 cm³/mol. The first-order chi connectivity index (χ1) is 8.61. The minimum Gasteiger partial charge on any atom is -0.396 e. The first kappa shape index (κ1) is 15.1. The number of thioether (sulfide) groups is 1. The van der Waals surface area contributed by atoms with Gasteiger partial charge in [0.2, 0.25) is 0 Å². The molecule has 1 rings (SSSR count). The molecule has 0 saturated heterocycles. The number of aliphatic hydroxyl groups excluding tert-OH is 1. The van der Waals surface area contributed by atoms with Gasteiger partial charge in [-0.05, 0) is 38.7 Å². The Morgan fingerprint density at radius 2 is 2.06 bits per heavy atom.